The Bertz CT molecular complexity index is 206. The fourth-order valence-electron chi connectivity index (χ4n) is 0.391. The number of hydrogen-bond acceptors (Lipinski definition) is 3. The largest absolute Gasteiger partial charge is 0.352 e. The van der Waals surface area contributed by atoms with Crippen LogP contribution in [0.25, 0.3) is 0 Å². The first kappa shape index (κ1) is 6.58. The molecule has 2 amide bonds. The van der Waals surface area contributed by atoms with E-state index in [0.717, 1.165) is 0 Å². The number of carbonyl (C=O) groups is 2. The molecule has 1 fully saturated rings. The van der Waals surface area contributed by atoms with Gasteiger partial charge in [0.15, 0.2) is 0 Å². The van der Waals surface area contributed by atoms with Crippen LogP contribution in [0, 0.1) is 0 Å². The third-order valence-corrected chi connectivity index (χ3v) is 2.19. The van der Waals surface area contributed by atoms with Crippen molar-refractivity contribution in [3.63, 3.8) is 0 Å². The summed E-state index contributed by atoms with van der Waals surface area (Å²) in [6, 6.07) is 0. The Morgan fingerprint density at radius 3 is 1.67 bits per heavy atom. The normalized spacial score (nSPS) is 23.2. The molecule has 1 rings (SSSR count). The third kappa shape index (κ3) is 1.23. The molecule has 0 radical (unpaired) electrons. The maximum Gasteiger partial charge on any atom is 0.352 e. The van der Waals surface area contributed by atoms with Crippen LogP contribution in [0.3, 0.4) is 0 Å². The van der Waals surface area contributed by atoms with Gasteiger partial charge in [-0.15, -0.1) is 0 Å². The molecule has 0 saturated carbocycles. The monoisotopic (exact) mass is 168 g/mol. The molecule has 0 atom stereocenters. The van der Waals surface area contributed by atoms with E-state index < -0.39 is 18.6 Å². The predicted octanol–water partition coefficient (Wildman–Crippen LogP) is -0.421. The average molecular weight is 168 g/mol. The molecule has 50 valence electrons. The van der Waals surface area contributed by atoms with Crippen LogP contribution in [0.1, 0.15) is 0 Å². The Balaban J connectivity index is 2.89. The van der Waals surface area contributed by atoms with Crippen LogP contribution in [0.2, 0.25) is 0 Å². The highest BCUT2D eigenvalue weighted by Crippen LogP contribution is 2.44. The number of amides is 2. The van der Waals surface area contributed by atoms with E-state index in [1.807, 2.05) is 0 Å². The minimum atomic E-state index is -3.38. The van der Waals surface area contributed by atoms with E-state index >= 15 is 0 Å². The molecular formula is C2H2ClN2O3P. The first-order chi connectivity index (χ1) is 4.01. The van der Waals surface area contributed by atoms with Gasteiger partial charge < -0.3 is 0 Å². The molecule has 2 N–H and O–H groups in total. The van der Waals surface area contributed by atoms with E-state index in [1.165, 1.54) is 0 Å². The van der Waals surface area contributed by atoms with Crippen molar-refractivity contribution in [2.75, 3.05) is 0 Å². The van der Waals surface area contributed by atoms with Crippen molar-refractivity contribution in [2.45, 2.75) is 0 Å². The Morgan fingerprint density at radius 1 is 1.22 bits per heavy atom. The Hall–Kier alpha value is -0.540. The van der Waals surface area contributed by atoms with Crippen LogP contribution in [0.4, 0.5) is 0 Å². The van der Waals surface area contributed by atoms with Gasteiger partial charge in [0.1, 0.15) is 0 Å². The molecule has 0 spiro atoms. The van der Waals surface area contributed by atoms with Crippen LogP contribution in [-0.2, 0) is 14.2 Å². The second kappa shape index (κ2) is 1.72. The number of halogens is 1. The summed E-state index contributed by atoms with van der Waals surface area (Å²) in [5.41, 5.74) is 0. The first-order valence-corrected chi connectivity index (χ1v) is 4.57. The van der Waals surface area contributed by atoms with Crippen molar-refractivity contribution < 1.29 is 14.2 Å². The molecule has 7 heteroatoms. The van der Waals surface area contributed by atoms with Crippen molar-refractivity contribution >= 4 is 29.9 Å². The van der Waals surface area contributed by atoms with E-state index in [9.17, 15) is 14.2 Å². The van der Waals surface area contributed by atoms with Gasteiger partial charge in [-0.3, -0.25) is 24.3 Å². The van der Waals surface area contributed by atoms with Crippen LogP contribution in [0.15, 0.2) is 0 Å². The number of carbonyl (C=O) groups excluding carboxylic acids is 2. The van der Waals surface area contributed by atoms with Crippen molar-refractivity contribution in [3.05, 3.63) is 0 Å². The smallest absolute Gasteiger partial charge is 0.270 e. The summed E-state index contributed by atoms with van der Waals surface area (Å²) < 4.78 is 10.5. The van der Waals surface area contributed by atoms with Gasteiger partial charge in [-0.25, -0.2) is 0 Å². The quantitative estimate of drug-likeness (QED) is 0.381. The van der Waals surface area contributed by atoms with Gasteiger partial charge >= 0.3 is 18.6 Å². The van der Waals surface area contributed by atoms with E-state index in [4.69, 9.17) is 11.2 Å². The number of rotatable bonds is 0. The van der Waals surface area contributed by atoms with Gasteiger partial charge in [0.2, 0.25) is 0 Å². The number of nitrogens with one attached hydrogen (secondary N) is 2. The first-order valence-electron chi connectivity index (χ1n) is 1.96. The van der Waals surface area contributed by atoms with Crippen molar-refractivity contribution in [1.82, 2.24) is 10.2 Å². The molecule has 1 heterocycles. The van der Waals surface area contributed by atoms with Gasteiger partial charge in [0.25, 0.3) is 0 Å². The lowest BCUT2D eigenvalue weighted by atomic mass is 10.6. The summed E-state index contributed by atoms with van der Waals surface area (Å²) >= 11 is 5.05. The highest BCUT2D eigenvalue weighted by atomic mass is 35.7. The molecule has 9 heavy (non-hydrogen) atoms. The fourth-order valence-corrected chi connectivity index (χ4v) is 1.63. The Labute approximate surface area is 55.0 Å². The molecule has 0 aromatic heterocycles. The van der Waals surface area contributed by atoms with E-state index in [1.54, 1.807) is 10.2 Å². The topological polar surface area (TPSA) is 75.3 Å². The fraction of sp³-hybridized carbons (Fsp3) is 0. The summed E-state index contributed by atoms with van der Waals surface area (Å²) in [6.45, 7) is -3.38. The van der Waals surface area contributed by atoms with Crippen molar-refractivity contribution in [2.24, 2.45) is 0 Å². The van der Waals surface area contributed by atoms with Gasteiger partial charge in [-0.05, 0) is 11.2 Å². The van der Waals surface area contributed by atoms with Crippen molar-refractivity contribution in [1.29, 1.82) is 0 Å². The molecule has 0 aromatic rings. The summed E-state index contributed by atoms with van der Waals surface area (Å²) in [6.07, 6.45) is 0. The van der Waals surface area contributed by atoms with E-state index in [-0.39, 0.29) is 0 Å². The molecule has 0 bridgehead atoms. The summed E-state index contributed by atoms with van der Waals surface area (Å²) in [5.74, 6) is -1.90. The van der Waals surface area contributed by atoms with Crippen LogP contribution < -0.4 is 10.2 Å². The molecule has 0 unspecified atom stereocenters. The van der Waals surface area contributed by atoms with Gasteiger partial charge in [0, 0.05) is 0 Å². The maximum absolute atomic E-state index is 10.5. The van der Waals surface area contributed by atoms with Crippen molar-refractivity contribution in [3.8, 4) is 0 Å². The standard InChI is InChI=1S/C2H2ClN2O3P/c3-9(8)4-1(6)2(7)5-9/h(H2,4,5,6,7,8). The lowest BCUT2D eigenvalue weighted by molar-refractivity contribution is -0.135. The molecule has 1 aliphatic rings. The molecule has 0 aliphatic carbocycles. The Kier molecular flexibility index (Phi) is 1.26. The van der Waals surface area contributed by atoms with E-state index in [0.29, 0.717) is 0 Å². The SMILES string of the molecule is O=C1NP(=O)(Cl)NC1=O. The lowest BCUT2D eigenvalue weighted by Gasteiger charge is -1.95. The lowest BCUT2D eigenvalue weighted by Crippen LogP contribution is -2.19. The second-order valence-corrected chi connectivity index (χ2v) is 4.35. The van der Waals surface area contributed by atoms with Gasteiger partial charge in [-0.1, -0.05) is 0 Å². The zero-order valence-electron chi connectivity index (χ0n) is 4.05. The zero-order chi connectivity index (χ0) is 7.07. The molecule has 1 aliphatic heterocycles. The van der Waals surface area contributed by atoms with Crippen LogP contribution in [0.5, 0.6) is 0 Å². The van der Waals surface area contributed by atoms with Gasteiger partial charge in [0.05, 0.1) is 0 Å². The second-order valence-electron chi connectivity index (χ2n) is 1.41. The predicted molar refractivity (Wildman–Crippen MR) is 29.7 cm³/mol. The third-order valence-electron chi connectivity index (χ3n) is 0.697. The maximum atomic E-state index is 10.5. The van der Waals surface area contributed by atoms with Crippen LogP contribution >= 0.6 is 18.0 Å². The summed E-state index contributed by atoms with van der Waals surface area (Å²) in [5, 5.41) is 3.53. The minimum Gasteiger partial charge on any atom is -0.270 e. The number of hydrogen-bond donors (Lipinski definition) is 2. The summed E-state index contributed by atoms with van der Waals surface area (Å²) in [4.78, 5) is 20.4. The highest BCUT2D eigenvalue weighted by Gasteiger charge is 2.36. The summed E-state index contributed by atoms with van der Waals surface area (Å²) in [7, 11) is 0. The molecule has 1 saturated heterocycles. The Morgan fingerprint density at radius 2 is 1.56 bits per heavy atom. The molecular weight excluding hydrogens is 166 g/mol. The molecule has 0 aromatic carbocycles. The van der Waals surface area contributed by atoms with E-state index in [2.05, 4.69) is 0 Å². The zero-order valence-corrected chi connectivity index (χ0v) is 5.70. The molecule has 5 nitrogen and oxygen atoms in total. The average Bonchev–Trinajstić information content (AvgIpc) is 1.79. The van der Waals surface area contributed by atoms with Gasteiger partial charge in [-0.2, -0.15) is 0 Å². The highest BCUT2D eigenvalue weighted by molar-refractivity contribution is 7.87. The minimum absolute atomic E-state index is 0.951. The van der Waals surface area contributed by atoms with Crippen LogP contribution in [-0.4, -0.2) is 11.8 Å².